The summed E-state index contributed by atoms with van der Waals surface area (Å²) in [5, 5.41) is 2.64. The maximum absolute atomic E-state index is 5.13. The maximum atomic E-state index is 5.13. The highest BCUT2D eigenvalue weighted by molar-refractivity contribution is 7.21. The van der Waals surface area contributed by atoms with Gasteiger partial charge in [-0.1, -0.05) is 30.3 Å². The molecule has 0 atom stereocenters. The molecular weight excluding hydrogens is 518 g/mol. The van der Waals surface area contributed by atoms with E-state index < -0.39 is 0 Å². The van der Waals surface area contributed by atoms with Gasteiger partial charge in [0.2, 0.25) is 0 Å². The maximum Gasteiger partial charge on any atom is 0.164 e. The highest BCUT2D eigenvalue weighted by Gasteiger charge is 2.26. The van der Waals surface area contributed by atoms with Gasteiger partial charge in [-0.3, -0.25) is 0 Å². The molecule has 0 spiro atoms. The van der Waals surface area contributed by atoms with E-state index in [4.69, 9.17) is 24.9 Å². The van der Waals surface area contributed by atoms with E-state index >= 15 is 0 Å². The number of nitrogens with one attached hydrogen (secondary N) is 1. The lowest BCUT2D eigenvalue weighted by Gasteiger charge is -2.14. The molecule has 0 unspecified atom stereocenters. The lowest BCUT2D eigenvalue weighted by Crippen LogP contribution is -2.01. The summed E-state index contributed by atoms with van der Waals surface area (Å²) >= 11 is 1.59. The summed E-state index contributed by atoms with van der Waals surface area (Å²) in [6.45, 7) is 0. The van der Waals surface area contributed by atoms with E-state index in [0.717, 1.165) is 42.8 Å². The molecule has 0 radical (unpaired) electrons. The third-order valence-corrected chi connectivity index (χ3v) is 7.67. The van der Waals surface area contributed by atoms with Crippen LogP contribution in [0.3, 0.4) is 0 Å². The van der Waals surface area contributed by atoms with Crippen molar-refractivity contribution < 1.29 is 0 Å². The molecule has 40 heavy (non-hydrogen) atoms. The van der Waals surface area contributed by atoms with Crippen LogP contribution in [0.15, 0.2) is 97.8 Å². The number of hydrogen-bond donors (Lipinski definition) is 1. The first-order valence-electron chi connectivity index (χ1n) is 12.5. The van der Waals surface area contributed by atoms with E-state index in [2.05, 4.69) is 38.1 Å². The van der Waals surface area contributed by atoms with Crippen molar-refractivity contribution in [2.45, 2.75) is 0 Å². The number of rotatable bonds is 4. The summed E-state index contributed by atoms with van der Waals surface area (Å²) in [5.41, 5.74) is 5.27. The molecule has 0 aliphatic heterocycles. The molecule has 6 aromatic heterocycles. The molecule has 0 saturated carbocycles. The van der Waals surface area contributed by atoms with Crippen LogP contribution < -0.4 is 0 Å². The largest absolute Gasteiger partial charge is 0.346 e. The molecule has 0 saturated heterocycles. The topological polar surface area (TPSA) is 119 Å². The van der Waals surface area contributed by atoms with Gasteiger partial charge in [0.25, 0.3) is 0 Å². The first-order valence-corrected chi connectivity index (χ1v) is 13.3. The van der Waals surface area contributed by atoms with Crippen LogP contribution in [0.5, 0.6) is 0 Å². The minimum atomic E-state index is 0.476. The molecular formula is C30H17N9S. The van der Waals surface area contributed by atoms with Crippen molar-refractivity contribution in [3.05, 3.63) is 97.8 Å². The summed E-state index contributed by atoms with van der Waals surface area (Å²) in [6, 6.07) is 19.7. The number of fused-ring (bicyclic) bond motifs is 3. The first-order chi connectivity index (χ1) is 19.8. The Morgan fingerprint density at radius 2 is 1.43 bits per heavy atom. The summed E-state index contributed by atoms with van der Waals surface area (Å²) in [4.78, 5) is 41.4. The van der Waals surface area contributed by atoms with Crippen molar-refractivity contribution in [1.82, 2.24) is 44.9 Å². The van der Waals surface area contributed by atoms with Crippen molar-refractivity contribution in [2.75, 3.05) is 0 Å². The zero-order valence-electron chi connectivity index (χ0n) is 20.7. The lowest BCUT2D eigenvalue weighted by molar-refractivity contribution is 1.15. The summed E-state index contributed by atoms with van der Waals surface area (Å²) < 4.78 is 0.950. The van der Waals surface area contributed by atoms with Crippen LogP contribution in [0.2, 0.25) is 0 Å². The second-order valence-corrected chi connectivity index (χ2v) is 10.1. The molecule has 188 valence electrons. The van der Waals surface area contributed by atoms with Gasteiger partial charge >= 0.3 is 0 Å². The van der Waals surface area contributed by atoms with Gasteiger partial charge in [0.05, 0.1) is 15.8 Å². The van der Waals surface area contributed by atoms with Gasteiger partial charge in [-0.15, -0.1) is 11.3 Å². The smallest absolute Gasteiger partial charge is 0.164 e. The third kappa shape index (κ3) is 3.69. The molecule has 6 heterocycles. The third-order valence-electron chi connectivity index (χ3n) is 6.61. The van der Waals surface area contributed by atoms with Gasteiger partial charge in [0, 0.05) is 64.6 Å². The Kier molecular flexibility index (Phi) is 5.10. The number of aromatic nitrogens is 9. The van der Waals surface area contributed by atoms with Crippen LogP contribution in [0.4, 0.5) is 0 Å². The fraction of sp³-hybridized carbons (Fsp3) is 0. The average Bonchev–Trinajstić information content (AvgIpc) is 3.67. The van der Waals surface area contributed by atoms with E-state index in [0.29, 0.717) is 34.2 Å². The molecule has 0 aliphatic carbocycles. The van der Waals surface area contributed by atoms with Crippen molar-refractivity contribution in [2.24, 2.45) is 0 Å². The fourth-order valence-electron chi connectivity index (χ4n) is 4.78. The number of nitrogens with zero attached hydrogens (tertiary/aromatic N) is 8. The van der Waals surface area contributed by atoms with Crippen molar-refractivity contribution in [1.29, 1.82) is 0 Å². The van der Waals surface area contributed by atoms with Crippen LogP contribution in [0.25, 0.3) is 77.0 Å². The van der Waals surface area contributed by atoms with E-state index in [-0.39, 0.29) is 0 Å². The zero-order chi connectivity index (χ0) is 26.5. The van der Waals surface area contributed by atoms with E-state index in [1.807, 2.05) is 42.6 Å². The number of pyridine rings is 1. The van der Waals surface area contributed by atoms with E-state index in [1.54, 1.807) is 48.4 Å². The van der Waals surface area contributed by atoms with Gasteiger partial charge in [0.1, 0.15) is 10.7 Å². The Bertz CT molecular complexity index is 2170. The Balaban J connectivity index is 1.52. The van der Waals surface area contributed by atoms with Crippen LogP contribution in [-0.4, -0.2) is 44.9 Å². The average molecular weight is 536 g/mol. The standard InChI is InChI=1S/C30H17N9S/c1-2-6-17(7-3-1)30-37-24-21(40-30)14-20(27-32-11-5-12-33-27)22(28-35-16-19-9-13-34-26(19)38-28)23(24)29-36-15-18-8-4-10-31-25(18)39-29/h1-16H,(H,34,35,38). The molecule has 8 rings (SSSR count). The minimum absolute atomic E-state index is 0.476. The summed E-state index contributed by atoms with van der Waals surface area (Å²) in [5.74, 6) is 1.52. The first kappa shape index (κ1) is 22.5. The van der Waals surface area contributed by atoms with Gasteiger partial charge in [-0.2, -0.15) is 0 Å². The summed E-state index contributed by atoms with van der Waals surface area (Å²) in [6.07, 6.45) is 10.6. The van der Waals surface area contributed by atoms with Crippen molar-refractivity contribution >= 4 is 43.6 Å². The normalized spacial score (nSPS) is 11.5. The molecule has 0 bridgehead atoms. The SMILES string of the molecule is c1ccc(-c2nc3c(-c4ncc5cccnc5n4)c(-c4ncc5cc[nH]c5n4)c(-c4ncccn4)cc3s2)cc1. The van der Waals surface area contributed by atoms with E-state index in [9.17, 15) is 0 Å². The van der Waals surface area contributed by atoms with Gasteiger partial charge < -0.3 is 4.98 Å². The molecule has 10 heteroatoms. The number of hydrogen-bond acceptors (Lipinski definition) is 9. The molecule has 1 N–H and O–H groups in total. The Morgan fingerprint density at radius 1 is 0.625 bits per heavy atom. The minimum Gasteiger partial charge on any atom is -0.346 e. The number of aromatic amines is 1. The highest BCUT2D eigenvalue weighted by atomic mass is 32.1. The van der Waals surface area contributed by atoms with Crippen LogP contribution in [0, 0.1) is 0 Å². The molecule has 0 amide bonds. The Morgan fingerprint density at radius 3 is 2.30 bits per heavy atom. The van der Waals surface area contributed by atoms with Gasteiger partial charge in [-0.05, 0) is 30.3 Å². The van der Waals surface area contributed by atoms with Crippen molar-refractivity contribution in [3.8, 4) is 44.7 Å². The number of thiazole rings is 1. The lowest BCUT2D eigenvalue weighted by atomic mass is 9.97. The second kappa shape index (κ2) is 9.07. The molecule has 0 fully saturated rings. The Labute approximate surface area is 230 Å². The zero-order valence-corrected chi connectivity index (χ0v) is 21.5. The monoisotopic (exact) mass is 535 g/mol. The van der Waals surface area contributed by atoms with Crippen LogP contribution in [0.1, 0.15) is 0 Å². The number of H-pyrrole nitrogens is 1. The Hall–Kier alpha value is -5.48. The van der Waals surface area contributed by atoms with Crippen LogP contribution >= 0.6 is 11.3 Å². The predicted molar refractivity (Wildman–Crippen MR) is 155 cm³/mol. The number of benzene rings is 2. The predicted octanol–water partition coefficient (Wildman–Crippen LogP) is 6.36. The second-order valence-electron chi connectivity index (χ2n) is 9.06. The molecule has 0 aliphatic rings. The highest BCUT2D eigenvalue weighted by Crippen LogP contribution is 2.44. The van der Waals surface area contributed by atoms with Crippen molar-refractivity contribution in [3.63, 3.8) is 0 Å². The molecule has 2 aromatic carbocycles. The fourth-order valence-corrected chi connectivity index (χ4v) is 5.80. The molecule has 9 nitrogen and oxygen atoms in total. The van der Waals surface area contributed by atoms with E-state index in [1.165, 1.54) is 0 Å². The summed E-state index contributed by atoms with van der Waals surface area (Å²) in [7, 11) is 0. The molecule has 8 aromatic rings. The van der Waals surface area contributed by atoms with Gasteiger partial charge in [-0.25, -0.2) is 39.9 Å². The quantitative estimate of drug-likeness (QED) is 0.276. The van der Waals surface area contributed by atoms with Crippen LogP contribution in [-0.2, 0) is 0 Å². The van der Waals surface area contributed by atoms with Gasteiger partial charge in [0.15, 0.2) is 23.1 Å².